The van der Waals surface area contributed by atoms with Crippen LogP contribution in [0.5, 0.6) is 0 Å². The number of fused-ring (bicyclic) bond motifs is 4. The summed E-state index contributed by atoms with van der Waals surface area (Å²) in [6, 6.07) is 24.6. The van der Waals surface area contributed by atoms with Gasteiger partial charge in [0.25, 0.3) is 0 Å². The number of para-hydroxylation sites is 4. The fraction of sp³-hybridized carbons (Fsp3) is 0.269. The topological polar surface area (TPSA) is 13.7 Å². The molecule has 146 valence electrons. The van der Waals surface area contributed by atoms with E-state index in [4.69, 9.17) is 0 Å². The molecule has 3 heteroatoms. The molecule has 0 aliphatic carbocycles. The summed E-state index contributed by atoms with van der Waals surface area (Å²) in [6.07, 6.45) is 0. The first-order chi connectivity index (χ1) is 14.0. The molecule has 2 aromatic heterocycles. The zero-order valence-electron chi connectivity index (χ0n) is 17.8. The van der Waals surface area contributed by atoms with Crippen LogP contribution < -0.4 is 4.57 Å². The van der Waals surface area contributed by atoms with Gasteiger partial charge in [-0.3, -0.25) is 0 Å². The third-order valence-corrected chi connectivity index (χ3v) is 6.08. The van der Waals surface area contributed by atoms with Crippen molar-refractivity contribution in [2.45, 2.75) is 39.7 Å². The van der Waals surface area contributed by atoms with Gasteiger partial charge in [-0.05, 0) is 43.5 Å². The highest BCUT2D eigenvalue weighted by atomic mass is 15.3. The monoisotopic (exact) mass is 382 g/mol. The Hall–Kier alpha value is -3.07. The summed E-state index contributed by atoms with van der Waals surface area (Å²) in [5.41, 5.74) is 6.50. The fourth-order valence-corrected chi connectivity index (χ4v) is 4.81. The van der Waals surface area contributed by atoms with Crippen LogP contribution in [0.3, 0.4) is 0 Å². The van der Waals surface area contributed by atoms with Crippen molar-refractivity contribution in [2.75, 3.05) is 0 Å². The second kappa shape index (κ2) is 6.48. The minimum Gasteiger partial charge on any atom is -0.230 e. The summed E-state index contributed by atoms with van der Waals surface area (Å²) in [4.78, 5) is 0. The van der Waals surface area contributed by atoms with Gasteiger partial charge >= 0.3 is 5.95 Å². The molecule has 0 saturated heterocycles. The third kappa shape index (κ3) is 2.46. The summed E-state index contributed by atoms with van der Waals surface area (Å²) >= 11 is 0. The Balaban J connectivity index is 2.06. The van der Waals surface area contributed by atoms with E-state index in [2.05, 4.69) is 115 Å². The molecule has 5 aromatic rings. The van der Waals surface area contributed by atoms with Crippen LogP contribution in [-0.2, 0) is 7.05 Å². The Bertz CT molecular complexity index is 1370. The predicted molar refractivity (Wildman–Crippen MR) is 122 cm³/mol. The average molecular weight is 383 g/mol. The first-order valence-corrected chi connectivity index (χ1v) is 10.5. The molecule has 2 heterocycles. The number of aromatic nitrogens is 3. The Morgan fingerprint density at radius 3 is 2.10 bits per heavy atom. The molecule has 0 spiro atoms. The second-order valence-electron chi connectivity index (χ2n) is 8.56. The number of nitrogens with zero attached hydrogens (tertiary/aromatic N) is 3. The molecule has 0 bridgehead atoms. The van der Waals surface area contributed by atoms with E-state index in [1.807, 2.05) is 0 Å². The molecule has 0 saturated carbocycles. The van der Waals surface area contributed by atoms with Crippen LogP contribution in [0, 0.1) is 0 Å². The Morgan fingerprint density at radius 1 is 0.724 bits per heavy atom. The van der Waals surface area contributed by atoms with Crippen molar-refractivity contribution >= 4 is 32.8 Å². The minimum absolute atomic E-state index is 0.346. The van der Waals surface area contributed by atoms with Crippen molar-refractivity contribution in [3.8, 4) is 5.95 Å². The van der Waals surface area contributed by atoms with E-state index in [0.29, 0.717) is 12.0 Å². The van der Waals surface area contributed by atoms with Gasteiger partial charge in [-0.25, -0.2) is 9.13 Å². The number of hydrogen-bond donors (Lipinski definition) is 0. The van der Waals surface area contributed by atoms with E-state index >= 15 is 0 Å². The van der Waals surface area contributed by atoms with Crippen LogP contribution in [0.4, 0.5) is 0 Å². The van der Waals surface area contributed by atoms with Gasteiger partial charge in [0, 0.05) is 10.8 Å². The van der Waals surface area contributed by atoms with Gasteiger partial charge in [0.2, 0.25) is 0 Å². The van der Waals surface area contributed by atoms with Gasteiger partial charge in [-0.2, -0.15) is 4.57 Å². The molecule has 5 rings (SSSR count). The molecule has 0 atom stereocenters. The molecular weight excluding hydrogens is 354 g/mol. The molecule has 3 nitrogen and oxygen atoms in total. The van der Waals surface area contributed by atoms with Gasteiger partial charge in [0.05, 0.1) is 13.1 Å². The number of aryl methyl sites for hydroxylation is 1. The number of hydrogen-bond acceptors (Lipinski definition) is 0. The van der Waals surface area contributed by atoms with Crippen molar-refractivity contribution in [2.24, 2.45) is 7.05 Å². The molecule has 0 radical (unpaired) electrons. The Labute approximate surface area is 171 Å². The van der Waals surface area contributed by atoms with Gasteiger partial charge in [0.15, 0.2) is 0 Å². The van der Waals surface area contributed by atoms with Crippen LogP contribution in [-0.4, -0.2) is 9.13 Å². The van der Waals surface area contributed by atoms with Crippen LogP contribution in [0.1, 0.15) is 45.2 Å². The molecule has 0 aliphatic rings. The summed E-state index contributed by atoms with van der Waals surface area (Å²) < 4.78 is 7.30. The summed E-state index contributed by atoms with van der Waals surface area (Å²) in [7, 11) is 2.19. The van der Waals surface area contributed by atoms with E-state index in [-0.39, 0.29) is 0 Å². The first-order valence-electron chi connectivity index (χ1n) is 10.5. The quantitative estimate of drug-likeness (QED) is 0.327. The average Bonchev–Trinajstić information content (AvgIpc) is 3.20. The lowest BCUT2D eigenvalue weighted by molar-refractivity contribution is -0.639. The normalized spacial score (nSPS) is 12.2. The first kappa shape index (κ1) is 18.0. The fourth-order valence-electron chi connectivity index (χ4n) is 4.81. The lowest BCUT2D eigenvalue weighted by Crippen LogP contribution is -2.34. The summed E-state index contributed by atoms with van der Waals surface area (Å²) in [5.74, 6) is 1.66. The molecule has 0 fully saturated rings. The SMILES string of the molecule is CC(C)c1cccc2c3ccccc3n(-c3n(C(C)C)c4ccccc4[n+]3C)c12. The maximum atomic E-state index is 2.49. The number of rotatable bonds is 3. The molecule has 0 aliphatic heterocycles. The Morgan fingerprint density at radius 2 is 1.38 bits per heavy atom. The van der Waals surface area contributed by atoms with Crippen LogP contribution in [0.15, 0.2) is 66.7 Å². The van der Waals surface area contributed by atoms with Crippen molar-refractivity contribution in [1.82, 2.24) is 9.13 Å². The Kier molecular flexibility index (Phi) is 4.02. The highest BCUT2D eigenvalue weighted by molar-refractivity contribution is 6.10. The van der Waals surface area contributed by atoms with Gasteiger partial charge < -0.3 is 0 Å². The highest BCUT2D eigenvalue weighted by Gasteiger charge is 2.30. The van der Waals surface area contributed by atoms with Crippen LogP contribution in [0.2, 0.25) is 0 Å². The van der Waals surface area contributed by atoms with Gasteiger partial charge in [-0.1, -0.05) is 62.4 Å². The summed E-state index contributed by atoms with van der Waals surface area (Å²) in [6.45, 7) is 9.11. The minimum atomic E-state index is 0.346. The molecule has 0 N–H and O–H groups in total. The number of benzene rings is 3. The van der Waals surface area contributed by atoms with E-state index in [1.165, 1.54) is 44.4 Å². The molecule has 29 heavy (non-hydrogen) atoms. The van der Waals surface area contributed by atoms with Crippen molar-refractivity contribution in [3.05, 3.63) is 72.3 Å². The maximum Gasteiger partial charge on any atom is 0.370 e. The second-order valence-corrected chi connectivity index (χ2v) is 8.56. The van der Waals surface area contributed by atoms with Crippen molar-refractivity contribution < 1.29 is 4.57 Å². The van der Waals surface area contributed by atoms with Crippen molar-refractivity contribution in [3.63, 3.8) is 0 Å². The zero-order chi connectivity index (χ0) is 20.3. The van der Waals surface area contributed by atoms with E-state index < -0.39 is 0 Å². The lowest BCUT2D eigenvalue weighted by Gasteiger charge is -2.12. The summed E-state index contributed by atoms with van der Waals surface area (Å²) in [5, 5.41) is 2.64. The van der Waals surface area contributed by atoms with Gasteiger partial charge in [-0.15, -0.1) is 0 Å². The highest BCUT2D eigenvalue weighted by Crippen LogP contribution is 2.37. The predicted octanol–water partition coefficient (Wildman–Crippen LogP) is 6.27. The van der Waals surface area contributed by atoms with Gasteiger partial charge in [0.1, 0.15) is 22.1 Å². The molecule has 3 aromatic carbocycles. The van der Waals surface area contributed by atoms with Crippen LogP contribution in [0.25, 0.3) is 38.8 Å². The molecule has 0 unspecified atom stereocenters. The molecule has 0 amide bonds. The largest absolute Gasteiger partial charge is 0.370 e. The van der Waals surface area contributed by atoms with E-state index in [0.717, 1.165) is 0 Å². The molecular formula is C26H28N3+. The third-order valence-electron chi connectivity index (χ3n) is 6.08. The van der Waals surface area contributed by atoms with Crippen molar-refractivity contribution in [1.29, 1.82) is 0 Å². The zero-order valence-corrected chi connectivity index (χ0v) is 17.8. The van der Waals surface area contributed by atoms with E-state index in [1.54, 1.807) is 0 Å². The lowest BCUT2D eigenvalue weighted by atomic mass is 10.00. The number of imidazole rings is 1. The van der Waals surface area contributed by atoms with E-state index in [9.17, 15) is 0 Å². The standard InChI is InChI=1S/C26H28N3/c1-17(2)19-12-10-13-21-20-11-6-7-14-22(20)29(25(19)21)26-27(5)23-15-8-9-16-24(23)28(26)18(3)4/h6-18H,1-5H3/q+1. The maximum absolute atomic E-state index is 2.49. The smallest absolute Gasteiger partial charge is 0.230 e. The van der Waals surface area contributed by atoms with Crippen LogP contribution >= 0.6 is 0 Å².